The van der Waals surface area contributed by atoms with Gasteiger partial charge in [0, 0.05) is 82.0 Å². The van der Waals surface area contributed by atoms with Crippen molar-refractivity contribution in [3.8, 4) is 69.0 Å². The Bertz CT molecular complexity index is 3360. The molecule has 3 aliphatic carbocycles. The summed E-state index contributed by atoms with van der Waals surface area (Å²) in [4.78, 5) is 0. The summed E-state index contributed by atoms with van der Waals surface area (Å²) < 4.78 is 6.80. The van der Waals surface area contributed by atoms with Crippen molar-refractivity contribution in [2.45, 2.75) is 47.5 Å². The maximum atomic E-state index is 12.6. The van der Waals surface area contributed by atoms with Gasteiger partial charge in [0.15, 0.2) is 0 Å². The van der Waals surface area contributed by atoms with E-state index in [0.717, 1.165) is 0 Å². The number of aromatic hydroxyl groups is 11. The molecule has 1 heterocycles. The molecule has 1 aliphatic heterocycles. The third kappa shape index (κ3) is 5.99. The zero-order valence-corrected chi connectivity index (χ0v) is 35.7. The Labute approximate surface area is 388 Å². The van der Waals surface area contributed by atoms with Gasteiger partial charge in [0.05, 0.1) is 5.92 Å². The van der Waals surface area contributed by atoms with Gasteiger partial charge in [-0.1, -0.05) is 42.5 Å². The van der Waals surface area contributed by atoms with Crippen LogP contribution < -0.4 is 4.74 Å². The molecule has 8 atom stereocenters. The Balaban J connectivity index is 1.22. The molecule has 0 unspecified atom stereocenters. The van der Waals surface area contributed by atoms with Crippen molar-refractivity contribution in [1.82, 2.24) is 0 Å². The Morgan fingerprint density at radius 3 is 1.38 bits per heavy atom. The zero-order chi connectivity index (χ0) is 47.0. The summed E-state index contributed by atoms with van der Waals surface area (Å²) in [6.45, 7) is 0. The second-order valence-electron chi connectivity index (χ2n) is 18.4. The van der Waals surface area contributed by atoms with E-state index in [1.807, 2.05) is 6.07 Å². The topological polar surface area (TPSA) is 232 Å². The van der Waals surface area contributed by atoms with E-state index in [1.54, 1.807) is 84.9 Å². The van der Waals surface area contributed by atoms with Gasteiger partial charge in [0.2, 0.25) is 0 Å². The minimum atomic E-state index is -0.906. The van der Waals surface area contributed by atoms with Crippen LogP contribution in [0.3, 0.4) is 0 Å². The van der Waals surface area contributed by atoms with Crippen molar-refractivity contribution in [2.24, 2.45) is 0 Å². The van der Waals surface area contributed by atoms with Gasteiger partial charge in [-0.3, -0.25) is 0 Å². The predicted molar refractivity (Wildman–Crippen MR) is 248 cm³/mol. The van der Waals surface area contributed by atoms with E-state index in [1.165, 1.54) is 48.5 Å². The van der Waals surface area contributed by atoms with E-state index in [4.69, 9.17) is 4.74 Å². The van der Waals surface area contributed by atoms with Crippen LogP contribution in [0.4, 0.5) is 0 Å². The smallest absolute Gasteiger partial charge is 0.135 e. The van der Waals surface area contributed by atoms with Gasteiger partial charge in [0.25, 0.3) is 0 Å². The Morgan fingerprint density at radius 2 is 0.750 bits per heavy atom. The van der Waals surface area contributed by atoms with Crippen molar-refractivity contribution in [2.75, 3.05) is 0 Å². The lowest BCUT2D eigenvalue weighted by molar-refractivity contribution is 0.221. The summed E-state index contributed by atoms with van der Waals surface area (Å²) in [6.07, 6.45) is -0.833. The van der Waals surface area contributed by atoms with Crippen LogP contribution in [0.2, 0.25) is 0 Å². The van der Waals surface area contributed by atoms with Gasteiger partial charge < -0.3 is 60.9 Å². The molecule has 12 heteroatoms. The molecule has 4 aliphatic rings. The van der Waals surface area contributed by atoms with Gasteiger partial charge >= 0.3 is 0 Å². The summed E-state index contributed by atoms with van der Waals surface area (Å²) in [5.41, 5.74) is 7.13. The van der Waals surface area contributed by atoms with Gasteiger partial charge in [-0.25, -0.2) is 0 Å². The molecule has 12 rings (SSSR count). The van der Waals surface area contributed by atoms with Gasteiger partial charge in [0.1, 0.15) is 75.1 Å². The van der Waals surface area contributed by atoms with Crippen LogP contribution in [0.5, 0.6) is 69.0 Å². The summed E-state index contributed by atoms with van der Waals surface area (Å²) in [6, 6.07) is 36.3. The largest absolute Gasteiger partial charge is 0.508 e. The number of fused-ring (bicyclic) bond motifs is 5. The van der Waals surface area contributed by atoms with E-state index in [-0.39, 0.29) is 69.0 Å². The van der Waals surface area contributed by atoms with E-state index in [0.29, 0.717) is 72.3 Å². The molecule has 0 radical (unpaired) electrons. The summed E-state index contributed by atoms with van der Waals surface area (Å²) in [5, 5.41) is 125. The number of benzene rings is 8. The average Bonchev–Trinajstić information content (AvgIpc) is 3.77. The fourth-order valence-electron chi connectivity index (χ4n) is 12.5. The maximum absolute atomic E-state index is 12.6. The fourth-order valence-corrected chi connectivity index (χ4v) is 12.5. The molecule has 338 valence electrons. The average molecular weight is 907 g/mol. The number of hydrogen-bond acceptors (Lipinski definition) is 12. The number of rotatable bonds is 5. The SMILES string of the molecule is Oc1ccc([C@@H]2c3cc(O)ccc3[C@@H]3c4c(O)cc(O)cc4[C@H]2c2c(O)cc(O)c4c2[C@@H]3[C@@H](c2ccc(O)cc2)[C@H]4c2cc(O)cc3c2[C@H](c2cc(O)cc(O)c2)[C@@H](c2ccc(O)cc2)O3)cc1. The van der Waals surface area contributed by atoms with Crippen LogP contribution >= 0.6 is 0 Å². The normalized spacial score (nSPS) is 22.6. The number of phenols is 11. The Hall–Kier alpha value is -8.64. The van der Waals surface area contributed by atoms with Crippen LogP contribution in [-0.2, 0) is 0 Å². The monoisotopic (exact) mass is 906 g/mol. The lowest BCUT2D eigenvalue weighted by Crippen LogP contribution is -2.22. The van der Waals surface area contributed by atoms with Crippen molar-refractivity contribution in [3.05, 3.63) is 212 Å². The van der Waals surface area contributed by atoms with Gasteiger partial charge in [-0.2, -0.15) is 0 Å². The molecular weight excluding hydrogens is 865 g/mol. The first-order valence-corrected chi connectivity index (χ1v) is 22.1. The molecule has 0 amide bonds. The molecule has 0 saturated heterocycles. The molecule has 11 N–H and O–H groups in total. The van der Waals surface area contributed by atoms with Gasteiger partial charge in [-0.05, 0) is 123 Å². The Kier molecular flexibility index (Phi) is 8.82. The zero-order valence-electron chi connectivity index (χ0n) is 35.7. The summed E-state index contributed by atoms with van der Waals surface area (Å²) in [7, 11) is 0. The molecule has 0 saturated carbocycles. The lowest BCUT2D eigenvalue weighted by Gasteiger charge is -2.36. The predicted octanol–water partition coefficient (Wildman–Crippen LogP) is 10.1. The van der Waals surface area contributed by atoms with E-state index < -0.39 is 47.5 Å². The maximum Gasteiger partial charge on any atom is 0.135 e. The minimum absolute atomic E-state index is 0.0104. The lowest BCUT2D eigenvalue weighted by atomic mass is 9.66. The first-order valence-electron chi connectivity index (χ1n) is 22.1. The second kappa shape index (κ2) is 14.7. The third-order valence-electron chi connectivity index (χ3n) is 14.8. The molecule has 0 aromatic heterocycles. The van der Waals surface area contributed by atoms with Gasteiger partial charge in [-0.15, -0.1) is 0 Å². The highest BCUT2D eigenvalue weighted by atomic mass is 16.5. The van der Waals surface area contributed by atoms with E-state index >= 15 is 0 Å². The highest BCUT2D eigenvalue weighted by Crippen LogP contribution is 2.72. The van der Waals surface area contributed by atoms with Crippen LogP contribution in [0.15, 0.2) is 140 Å². The number of phenolic OH excluding ortho intramolecular Hbond substituents is 11. The highest BCUT2D eigenvalue weighted by Gasteiger charge is 2.57. The fraction of sp³-hybridized carbons (Fsp3) is 0.143. The first-order chi connectivity index (χ1) is 32.7. The molecule has 68 heavy (non-hydrogen) atoms. The molecular formula is C56H42O12. The standard InChI is InChI=1S/C56H42O12/c57-28-7-1-24(2-8-28)44-37-18-31(60)13-14-36(37)49-47-38(19-34(63)21-40(47)65)50(44)52-41(66)23-42(67)53-51(45(54(49)55(52)53)25-3-9-29(58)10-4-25)39-20-35(64)22-43-48(39)46(27-15-32(61)17-33(62)16-27)56(68-43)26-5-11-30(59)12-6-26/h1-23,44-46,49-51,54,56-67H/t44-,45+,46+,49-,50-,51-,54-,56-/m1/s1. The quantitative estimate of drug-likeness (QED) is 0.0775. The summed E-state index contributed by atoms with van der Waals surface area (Å²) >= 11 is 0. The Morgan fingerprint density at radius 1 is 0.265 bits per heavy atom. The second-order valence-corrected chi connectivity index (χ2v) is 18.4. The van der Waals surface area contributed by atoms with E-state index in [2.05, 4.69) is 0 Å². The molecule has 12 nitrogen and oxygen atoms in total. The molecule has 0 fully saturated rings. The minimum Gasteiger partial charge on any atom is -0.508 e. The van der Waals surface area contributed by atoms with Crippen LogP contribution in [0.25, 0.3) is 0 Å². The van der Waals surface area contributed by atoms with Crippen LogP contribution in [-0.4, -0.2) is 56.2 Å². The van der Waals surface area contributed by atoms with Crippen molar-refractivity contribution in [3.63, 3.8) is 0 Å². The molecule has 8 aromatic carbocycles. The highest BCUT2D eigenvalue weighted by molar-refractivity contribution is 5.75. The number of hydrogen-bond donors (Lipinski definition) is 11. The van der Waals surface area contributed by atoms with Crippen LogP contribution in [0.1, 0.15) is 120 Å². The van der Waals surface area contributed by atoms with Crippen molar-refractivity contribution in [1.29, 1.82) is 0 Å². The summed E-state index contributed by atoms with van der Waals surface area (Å²) in [5.74, 6) is -6.97. The first kappa shape index (κ1) is 40.8. The number of ether oxygens (including phenoxy) is 1. The van der Waals surface area contributed by atoms with Crippen LogP contribution in [0, 0.1) is 0 Å². The van der Waals surface area contributed by atoms with E-state index in [9.17, 15) is 56.2 Å². The third-order valence-corrected chi connectivity index (χ3v) is 14.8. The molecule has 8 aromatic rings. The van der Waals surface area contributed by atoms with Crippen molar-refractivity contribution >= 4 is 0 Å². The molecule has 2 bridgehead atoms. The van der Waals surface area contributed by atoms with Crippen molar-refractivity contribution < 1.29 is 60.9 Å². The molecule has 0 spiro atoms.